The SMILES string of the molecule is c1ccc(COCCNCC2CC2)cc1. The molecule has 2 nitrogen and oxygen atoms in total. The zero-order chi connectivity index (χ0) is 10.3. The van der Waals surface area contributed by atoms with E-state index in [-0.39, 0.29) is 0 Å². The van der Waals surface area contributed by atoms with Crippen LogP contribution < -0.4 is 5.32 Å². The minimum atomic E-state index is 0.728. The average molecular weight is 205 g/mol. The summed E-state index contributed by atoms with van der Waals surface area (Å²) in [7, 11) is 0. The normalized spacial score (nSPS) is 15.5. The lowest BCUT2D eigenvalue weighted by molar-refractivity contribution is 0.122. The fourth-order valence-corrected chi connectivity index (χ4v) is 1.54. The second kappa shape index (κ2) is 5.89. The second-order valence-corrected chi connectivity index (χ2v) is 4.19. The van der Waals surface area contributed by atoms with Crippen molar-refractivity contribution in [2.45, 2.75) is 19.4 Å². The zero-order valence-corrected chi connectivity index (χ0v) is 9.11. The van der Waals surface area contributed by atoms with Crippen LogP contribution in [-0.2, 0) is 11.3 Å². The minimum absolute atomic E-state index is 0.728. The molecule has 1 aliphatic carbocycles. The van der Waals surface area contributed by atoms with E-state index < -0.39 is 0 Å². The van der Waals surface area contributed by atoms with Gasteiger partial charge in [-0.3, -0.25) is 0 Å². The molecule has 2 rings (SSSR count). The quantitative estimate of drug-likeness (QED) is 0.689. The Morgan fingerprint density at radius 2 is 2.00 bits per heavy atom. The summed E-state index contributed by atoms with van der Waals surface area (Å²) in [5, 5.41) is 3.41. The second-order valence-electron chi connectivity index (χ2n) is 4.19. The fourth-order valence-electron chi connectivity index (χ4n) is 1.54. The molecule has 1 aromatic carbocycles. The molecule has 0 bridgehead atoms. The predicted molar refractivity (Wildman–Crippen MR) is 61.7 cm³/mol. The summed E-state index contributed by atoms with van der Waals surface area (Å²) >= 11 is 0. The highest BCUT2D eigenvalue weighted by Crippen LogP contribution is 2.27. The third kappa shape index (κ3) is 4.45. The van der Waals surface area contributed by atoms with Crippen molar-refractivity contribution in [2.75, 3.05) is 19.7 Å². The third-order valence-corrected chi connectivity index (χ3v) is 2.66. The van der Waals surface area contributed by atoms with Crippen LogP contribution in [0, 0.1) is 5.92 Å². The fraction of sp³-hybridized carbons (Fsp3) is 0.538. The van der Waals surface area contributed by atoms with Gasteiger partial charge in [-0.05, 0) is 30.9 Å². The maximum absolute atomic E-state index is 5.56. The monoisotopic (exact) mass is 205 g/mol. The Balaban J connectivity index is 1.47. The molecule has 1 N–H and O–H groups in total. The Labute approximate surface area is 91.6 Å². The maximum Gasteiger partial charge on any atom is 0.0717 e. The molecule has 0 aromatic heterocycles. The van der Waals surface area contributed by atoms with Crippen molar-refractivity contribution >= 4 is 0 Å². The molecule has 1 saturated carbocycles. The molecule has 0 aliphatic heterocycles. The van der Waals surface area contributed by atoms with E-state index in [0.717, 1.165) is 25.7 Å². The Kier molecular flexibility index (Phi) is 4.18. The van der Waals surface area contributed by atoms with Crippen molar-refractivity contribution in [1.82, 2.24) is 5.32 Å². The first-order valence-electron chi connectivity index (χ1n) is 5.77. The Hall–Kier alpha value is -0.860. The molecule has 1 aliphatic rings. The number of rotatable bonds is 7. The van der Waals surface area contributed by atoms with E-state index in [1.165, 1.54) is 24.9 Å². The van der Waals surface area contributed by atoms with Gasteiger partial charge >= 0.3 is 0 Å². The number of nitrogens with one attached hydrogen (secondary N) is 1. The van der Waals surface area contributed by atoms with Crippen molar-refractivity contribution in [1.29, 1.82) is 0 Å². The summed E-state index contributed by atoms with van der Waals surface area (Å²) in [6.07, 6.45) is 2.83. The summed E-state index contributed by atoms with van der Waals surface area (Å²) in [6, 6.07) is 10.3. The molecule has 0 amide bonds. The van der Waals surface area contributed by atoms with Crippen molar-refractivity contribution in [3.8, 4) is 0 Å². The van der Waals surface area contributed by atoms with Gasteiger partial charge in [0.1, 0.15) is 0 Å². The lowest BCUT2D eigenvalue weighted by Crippen LogP contribution is -2.21. The largest absolute Gasteiger partial charge is 0.375 e. The van der Waals surface area contributed by atoms with E-state index in [1.807, 2.05) is 18.2 Å². The van der Waals surface area contributed by atoms with Gasteiger partial charge in [-0.2, -0.15) is 0 Å². The van der Waals surface area contributed by atoms with Crippen LogP contribution in [0.4, 0.5) is 0 Å². The summed E-state index contributed by atoms with van der Waals surface area (Å²) in [5.41, 5.74) is 1.25. The topological polar surface area (TPSA) is 21.3 Å². The molecule has 1 aromatic rings. The van der Waals surface area contributed by atoms with Gasteiger partial charge in [-0.1, -0.05) is 30.3 Å². The molecular formula is C13H19NO. The average Bonchev–Trinajstić information content (AvgIpc) is 3.09. The summed E-state index contributed by atoms with van der Waals surface area (Å²) in [6.45, 7) is 3.69. The van der Waals surface area contributed by atoms with E-state index in [1.54, 1.807) is 0 Å². The standard InChI is InChI=1S/C13H19NO/c1-2-4-13(5-3-1)11-15-9-8-14-10-12-6-7-12/h1-5,12,14H,6-11H2. The van der Waals surface area contributed by atoms with E-state index in [9.17, 15) is 0 Å². The highest BCUT2D eigenvalue weighted by molar-refractivity contribution is 5.13. The maximum atomic E-state index is 5.56. The number of hydrogen-bond acceptors (Lipinski definition) is 2. The Morgan fingerprint density at radius 1 is 1.20 bits per heavy atom. The molecule has 0 saturated heterocycles. The molecule has 82 valence electrons. The van der Waals surface area contributed by atoms with Crippen LogP contribution in [-0.4, -0.2) is 19.7 Å². The molecule has 0 atom stereocenters. The van der Waals surface area contributed by atoms with Gasteiger partial charge in [0.25, 0.3) is 0 Å². The van der Waals surface area contributed by atoms with Crippen LogP contribution in [0.25, 0.3) is 0 Å². The van der Waals surface area contributed by atoms with Gasteiger partial charge in [0, 0.05) is 6.54 Å². The van der Waals surface area contributed by atoms with Gasteiger partial charge in [-0.15, -0.1) is 0 Å². The van der Waals surface area contributed by atoms with Gasteiger partial charge in [0.15, 0.2) is 0 Å². The Bertz CT molecular complexity index is 269. The number of benzene rings is 1. The number of hydrogen-bond donors (Lipinski definition) is 1. The molecular weight excluding hydrogens is 186 g/mol. The highest BCUT2D eigenvalue weighted by atomic mass is 16.5. The van der Waals surface area contributed by atoms with Crippen molar-refractivity contribution < 1.29 is 4.74 Å². The molecule has 1 fully saturated rings. The van der Waals surface area contributed by atoms with Crippen LogP contribution >= 0.6 is 0 Å². The van der Waals surface area contributed by atoms with Gasteiger partial charge < -0.3 is 10.1 Å². The summed E-state index contributed by atoms with van der Waals surface area (Å²) in [4.78, 5) is 0. The van der Waals surface area contributed by atoms with Gasteiger partial charge in [0.2, 0.25) is 0 Å². The molecule has 0 spiro atoms. The van der Waals surface area contributed by atoms with Gasteiger partial charge in [0.05, 0.1) is 13.2 Å². The molecule has 0 unspecified atom stereocenters. The molecule has 0 heterocycles. The summed E-state index contributed by atoms with van der Waals surface area (Å²) in [5.74, 6) is 0.958. The Morgan fingerprint density at radius 3 is 2.73 bits per heavy atom. The lowest BCUT2D eigenvalue weighted by Gasteiger charge is -2.05. The van der Waals surface area contributed by atoms with E-state index in [0.29, 0.717) is 0 Å². The van der Waals surface area contributed by atoms with Crippen molar-refractivity contribution in [3.63, 3.8) is 0 Å². The first-order chi connectivity index (χ1) is 7.45. The molecule has 2 heteroatoms. The van der Waals surface area contributed by atoms with Crippen LogP contribution in [0.15, 0.2) is 30.3 Å². The van der Waals surface area contributed by atoms with Crippen LogP contribution in [0.1, 0.15) is 18.4 Å². The number of ether oxygens (including phenoxy) is 1. The van der Waals surface area contributed by atoms with Crippen LogP contribution in [0.2, 0.25) is 0 Å². The van der Waals surface area contributed by atoms with Crippen molar-refractivity contribution in [3.05, 3.63) is 35.9 Å². The molecule has 15 heavy (non-hydrogen) atoms. The van der Waals surface area contributed by atoms with Gasteiger partial charge in [-0.25, -0.2) is 0 Å². The minimum Gasteiger partial charge on any atom is -0.375 e. The third-order valence-electron chi connectivity index (χ3n) is 2.66. The first-order valence-corrected chi connectivity index (χ1v) is 5.77. The van der Waals surface area contributed by atoms with Crippen LogP contribution in [0.3, 0.4) is 0 Å². The van der Waals surface area contributed by atoms with Crippen LogP contribution in [0.5, 0.6) is 0 Å². The lowest BCUT2D eigenvalue weighted by atomic mass is 10.2. The summed E-state index contributed by atoms with van der Waals surface area (Å²) < 4.78 is 5.56. The first kappa shape index (κ1) is 10.7. The van der Waals surface area contributed by atoms with E-state index in [2.05, 4.69) is 17.4 Å². The smallest absolute Gasteiger partial charge is 0.0717 e. The molecule has 0 radical (unpaired) electrons. The zero-order valence-electron chi connectivity index (χ0n) is 9.11. The predicted octanol–water partition coefficient (Wildman–Crippen LogP) is 2.20. The van der Waals surface area contributed by atoms with Crippen molar-refractivity contribution in [2.24, 2.45) is 5.92 Å². The highest BCUT2D eigenvalue weighted by Gasteiger charge is 2.19. The van der Waals surface area contributed by atoms with E-state index >= 15 is 0 Å². The van der Waals surface area contributed by atoms with E-state index in [4.69, 9.17) is 4.74 Å².